The third kappa shape index (κ3) is 2.75. The van der Waals surface area contributed by atoms with Gasteiger partial charge in [-0.1, -0.05) is 12.1 Å². The molecule has 0 atom stereocenters. The molecule has 0 saturated carbocycles. The Morgan fingerprint density at radius 1 is 1.25 bits per heavy atom. The maximum Gasteiger partial charge on any atom is 0.239 e. The third-order valence-electron chi connectivity index (χ3n) is 1.14. The molecule has 6 heteroatoms. The zero-order chi connectivity index (χ0) is 8.48. The van der Waals surface area contributed by atoms with Gasteiger partial charge in [-0.05, 0) is 28.1 Å². The second-order valence-electron chi connectivity index (χ2n) is 1.98. The van der Waals surface area contributed by atoms with Gasteiger partial charge in [-0.2, -0.15) is 0 Å². The van der Waals surface area contributed by atoms with Crippen LogP contribution in [0.1, 0.15) is 0 Å². The lowest BCUT2D eigenvalue weighted by Crippen LogP contribution is -2.12. The van der Waals surface area contributed by atoms with Crippen molar-refractivity contribution in [3.63, 3.8) is 0 Å². The van der Waals surface area contributed by atoms with Crippen molar-refractivity contribution in [3.8, 4) is 0 Å². The van der Waals surface area contributed by atoms with Gasteiger partial charge in [0.05, 0.1) is 4.90 Å². The Morgan fingerprint density at radius 2 is 1.75 bits per heavy atom. The average molecular weight is 273 g/mol. The highest BCUT2D eigenvalue weighted by atomic mass is 79.9. The Bertz CT molecular complexity index is 366. The second kappa shape index (κ2) is 4.23. The van der Waals surface area contributed by atoms with Crippen LogP contribution in [0.15, 0.2) is 33.6 Å². The third-order valence-corrected chi connectivity index (χ3v) is 3.07. The van der Waals surface area contributed by atoms with Gasteiger partial charge in [-0.3, -0.25) is 0 Å². The number of halogens is 2. The highest BCUT2D eigenvalue weighted by Gasteiger charge is 2.09. The first-order chi connectivity index (χ1) is 5.02. The molecule has 0 bridgehead atoms. The Hall–Kier alpha value is -0.100. The normalized spacial score (nSPS) is 10.5. The molecule has 0 aliphatic carbocycles. The fourth-order valence-corrected chi connectivity index (χ4v) is 2.25. The Kier molecular flexibility index (Phi) is 4.19. The van der Waals surface area contributed by atoms with Gasteiger partial charge in [0.25, 0.3) is 0 Å². The lowest BCUT2D eigenvalue weighted by molar-refractivity contribution is 0.597. The van der Waals surface area contributed by atoms with Gasteiger partial charge in [0.2, 0.25) is 10.0 Å². The summed E-state index contributed by atoms with van der Waals surface area (Å²) >= 11 is 3.07. The van der Waals surface area contributed by atoms with E-state index in [9.17, 15) is 8.42 Å². The molecule has 0 spiro atoms. The predicted molar refractivity (Wildman–Crippen MR) is 52.8 cm³/mol. The lowest BCUT2D eigenvalue weighted by atomic mass is 10.4. The molecule has 1 rings (SSSR count). The zero-order valence-electron chi connectivity index (χ0n) is 5.90. The summed E-state index contributed by atoms with van der Waals surface area (Å²) in [5, 5.41) is 4.90. The summed E-state index contributed by atoms with van der Waals surface area (Å²) in [4.78, 5) is 0.111. The van der Waals surface area contributed by atoms with Crippen LogP contribution in [0.5, 0.6) is 0 Å². The molecule has 1 aromatic carbocycles. The molecule has 0 heterocycles. The molecule has 0 aromatic heterocycles. The van der Waals surface area contributed by atoms with Gasteiger partial charge in [-0.15, -0.1) is 12.4 Å². The first-order valence-electron chi connectivity index (χ1n) is 2.79. The van der Waals surface area contributed by atoms with Gasteiger partial charge < -0.3 is 0 Å². The molecule has 0 fully saturated rings. The Morgan fingerprint density at radius 3 is 2.08 bits per heavy atom. The molecular formula is C6H7BrClNO2S. The largest absolute Gasteiger partial charge is 0.239 e. The van der Waals surface area contributed by atoms with Crippen molar-refractivity contribution in [1.82, 2.24) is 0 Å². The van der Waals surface area contributed by atoms with E-state index in [0.717, 1.165) is 0 Å². The van der Waals surface area contributed by atoms with Crippen molar-refractivity contribution < 1.29 is 8.42 Å². The van der Waals surface area contributed by atoms with Crippen molar-refractivity contribution in [2.75, 3.05) is 0 Å². The monoisotopic (exact) mass is 271 g/mol. The number of rotatable bonds is 1. The van der Waals surface area contributed by atoms with Gasteiger partial charge in [0.1, 0.15) is 0 Å². The fraction of sp³-hybridized carbons (Fsp3) is 0. The number of nitrogens with two attached hydrogens (primary N) is 1. The minimum absolute atomic E-state index is 0. The molecule has 0 amide bonds. The van der Waals surface area contributed by atoms with Gasteiger partial charge in [-0.25, -0.2) is 13.6 Å². The Labute approximate surface area is 85.6 Å². The first-order valence-corrected chi connectivity index (χ1v) is 5.13. The molecule has 3 nitrogen and oxygen atoms in total. The van der Waals surface area contributed by atoms with Crippen molar-refractivity contribution >= 4 is 38.4 Å². The number of sulfonamides is 1. The second-order valence-corrected chi connectivity index (χ2v) is 4.36. The van der Waals surface area contributed by atoms with Crippen LogP contribution in [0.2, 0.25) is 0 Å². The van der Waals surface area contributed by atoms with Gasteiger partial charge in [0, 0.05) is 4.47 Å². The summed E-state index contributed by atoms with van der Waals surface area (Å²) in [5.74, 6) is 0. The van der Waals surface area contributed by atoms with Crippen LogP contribution in [0.4, 0.5) is 0 Å². The standard InChI is InChI=1S/C6H6BrNO2S.ClH/c7-5-3-1-2-4-6(5)11(8,9)10;/h1-4H,(H2,8,9,10);1H. The van der Waals surface area contributed by atoms with E-state index in [1.54, 1.807) is 18.2 Å². The molecule has 1 aromatic rings. The smallest absolute Gasteiger partial charge is 0.225 e. The van der Waals surface area contributed by atoms with E-state index in [2.05, 4.69) is 15.9 Å². The predicted octanol–water partition coefficient (Wildman–Crippen LogP) is 1.52. The van der Waals surface area contributed by atoms with Gasteiger partial charge >= 0.3 is 0 Å². The van der Waals surface area contributed by atoms with E-state index >= 15 is 0 Å². The summed E-state index contributed by atoms with van der Waals surface area (Å²) in [6.45, 7) is 0. The summed E-state index contributed by atoms with van der Waals surface area (Å²) < 4.78 is 22.1. The fourth-order valence-electron chi connectivity index (χ4n) is 0.675. The highest BCUT2D eigenvalue weighted by molar-refractivity contribution is 9.10. The molecule has 0 radical (unpaired) electrons. The highest BCUT2D eigenvalue weighted by Crippen LogP contribution is 2.18. The van der Waals surface area contributed by atoms with E-state index in [0.29, 0.717) is 4.47 Å². The molecule has 68 valence electrons. The minimum atomic E-state index is -3.58. The first kappa shape index (κ1) is 11.9. The molecule has 0 saturated heterocycles. The topological polar surface area (TPSA) is 60.2 Å². The molecule has 12 heavy (non-hydrogen) atoms. The van der Waals surface area contributed by atoms with Crippen molar-refractivity contribution in [2.45, 2.75) is 4.90 Å². The molecule has 2 N–H and O–H groups in total. The van der Waals surface area contributed by atoms with Crippen LogP contribution in [0, 0.1) is 0 Å². The quantitative estimate of drug-likeness (QED) is 0.842. The van der Waals surface area contributed by atoms with Gasteiger partial charge in [0.15, 0.2) is 0 Å². The van der Waals surface area contributed by atoms with Crippen LogP contribution >= 0.6 is 28.3 Å². The zero-order valence-corrected chi connectivity index (χ0v) is 9.12. The van der Waals surface area contributed by atoms with E-state index in [1.807, 2.05) is 0 Å². The van der Waals surface area contributed by atoms with E-state index in [-0.39, 0.29) is 17.3 Å². The summed E-state index contributed by atoms with van der Waals surface area (Å²) in [7, 11) is -3.58. The maximum atomic E-state index is 10.8. The van der Waals surface area contributed by atoms with Crippen LogP contribution < -0.4 is 5.14 Å². The molecule has 0 aliphatic heterocycles. The molecule has 0 unspecified atom stereocenters. The minimum Gasteiger partial charge on any atom is -0.225 e. The van der Waals surface area contributed by atoms with Crippen LogP contribution in [-0.2, 0) is 10.0 Å². The molecule has 0 aliphatic rings. The van der Waals surface area contributed by atoms with Crippen LogP contribution in [-0.4, -0.2) is 8.42 Å². The number of hydrogen-bond donors (Lipinski definition) is 1. The van der Waals surface area contributed by atoms with E-state index in [1.165, 1.54) is 6.07 Å². The van der Waals surface area contributed by atoms with Crippen LogP contribution in [0.3, 0.4) is 0 Å². The number of primary sulfonamides is 1. The maximum absolute atomic E-state index is 10.8. The number of hydrogen-bond acceptors (Lipinski definition) is 2. The van der Waals surface area contributed by atoms with Crippen molar-refractivity contribution in [1.29, 1.82) is 0 Å². The SMILES string of the molecule is Cl.NS(=O)(=O)c1ccccc1Br. The Balaban J connectivity index is 0.00000121. The average Bonchev–Trinajstić information content (AvgIpc) is 1.86. The van der Waals surface area contributed by atoms with E-state index < -0.39 is 10.0 Å². The summed E-state index contributed by atoms with van der Waals surface area (Å²) in [6, 6.07) is 6.41. The van der Waals surface area contributed by atoms with Crippen LogP contribution in [0.25, 0.3) is 0 Å². The van der Waals surface area contributed by atoms with Crippen molar-refractivity contribution in [2.24, 2.45) is 5.14 Å². The van der Waals surface area contributed by atoms with Crippen molar-refractivity contribution in [3.05, 3.63) is 28.7 Å². The molecular weight excluding hydrogens is 265 g/mol. The van der Waals surface area contributed by atoms with E-state index in [4.69, 9.17) is 5.14 Å². The summed E-state index contributed by atoms with van der Waals surface area (Å²) in [6.07, 6.45) is 0. The number of benzene rings is 1. The lowest BCUT2D eigenvalue weighted by Gasteiger charge is -1.98. The summed E-state index contributed by atoms with van der Waals surface area (Å²) in [5.41, 5.74) is 0.